The van der Waals surface area contributed by atoms with Gasteiger partial charge in [-0.1, -0.05) is 29.5 Å². The SMILES string of the molecule is Cc1cccc2sc(N(Cc3cccnc3)C(=O)c3ccc(S(=O)(=O)N(C)C(C)C)cc3)nc12. The van der Waals surface area contributed by atoms with E-state index in [1.807, 2.05) is 51.1 Å². The average molecular weight is 495 g/mol. The number of nitrogens with zero attached hydrogens (tertiary/aromatic N) is 4. The summed E-state index contributed by atoms with van der Waals surface area (Å²) >= 11 is 1.45. The topological polar surface area (TPSA) is 83.5 Å². The summed E-state index contributed by atoms with van der Waals surface area (Å²) in [5.41, 5.74) is 3.15. The van der Waals surface area contributed by atoms with Crippen molar-refractivity contribution in [3.8, 4) is 0 Å². The highest BCUT2D eigenvalue weighted by molar-refractivity contribution is 7.89. The van der Waals surface area contributed by atoms with Crippen LogP contribution in [0.2, 0.25) is 0 Å². The Kier molecular flexibility index (Phi) is 6.79. The number of thiazole rings is 1. The van der Waals surface area contributed by atoms with Gasteiger partial charge in [-0.15, -0.1) is 0 Å². The van der Waals surface area contributed by atoms with Gasteiger partial charge >= 0.3 is 0 Å². The number of sulfonamides is 1. The van der Waals surface area contributed by atoms with E-state index in [-0.39, 0.29) is 16.8 Å². The molecule has 2 aromatic heterocycles. The third-order valence-corrected chi connectivity index (χ3v) is 8.75. The minimum absolute atomic E-state index is 0.148. The van der Waals surface area contributed by atoms with E-state index in [1.54, 1.807) is 36.5 Å². The highest BCUT2D eigenvalue weighted by Crippen LogP contribution is 2.32. The number of hydrogen-bond donors (Lipinski definition) is 0. The van der Waals surface area contributed by atoms with Crippen molar-refractivity contribution in [3.05, 3.63) is 83.7 Å². The lowest BCUT2D eigenvalue weighted by Crippen LogP contribution is -2.33. The number of pyridine rings is 1. The molecule has 2 aromatic carbocycles. The van der Waals surface area contributed by atoms with Crippen LogP contribution in [0.5, 0.6) is 0 Å². The molecule has 0 fully saturated rings. The lowest BCUT2D eigenvalue weighted by molar-refractivity contribution is 0.0985. The van der Waals surface area contributed by atoms with Crippen LogP contribution < -0.4 is 4.90 Å². The second-order valence-electron chi connectivity index (χ2n) is 8.31. The van der Waals surface area contributed by atoms with Gasteiger partial charge in [0.2, 0.25) is 10.0 Å². The third-order valence-electron chi connectivity index (χ3n) is 5.65. The number of carbonyl (C=O) groups excluding carboxylic acids is 1. The molecule has 0 unspecified atom stereocenters. The van der Waals surface area contributed by atoms with Crippen LogP contribution in [0.1, 0.15) is 35.3 Å². The summed E-state index contributed by atoms with van der Waals surface area (Å²) < 4.78 is 27.9. The van der Waals surface area contributed by atoms with Gasteiger partial charge in [-0.3, -0.25) is 14.7 Å². The smallest absolute Gasteiger partial charge is 0.260 e. The quantitative estimate of drug-likeness (QED) is 0.366. The number of aromatic nitrogens is 2. The monoisotopic (exact) mass is 494 g/mol. The van der Waals surface area contributed by atoms with Gasteiger partial charge < -0.3 is 0 Å². The number of aryl methyl sites for hydroxylation is 1. The van der Waals surface area contributed by atoms with Crippen molar-refractivity contribution in [2.45, 2.75) is 38.3 Å². The Balaban J connectivity index is 1.71. The first-order valence-corrected chi connectivity index (χ1v) is 13.1. The maximum atomic E-state index is 13.6. The minimum Gasteiger partial charge on any atom is -0.279 e. The number of carbonyl (C=O) groups is 1. The molecule has 7 nitrogen and oxygen atoms in total. The molecule has 0 saturated heterocycles. The zero-order chi connectivity index (χ0) is 24.5. The van der Waals surface area contributed by atoms with Crippen LogP contribution in [-0.2, 0) is 16.6 Å². The van der Waals surface area contributed by atoms with Gasteiger partial charge in [-0.25, -0.2) is 13.4 Å². The lowest BCUT2D eigenvalue weighted by Gasteiger charge is -2.22. The molecule has 0 aliphatic rings. The van der Waals surface area contributed by atoms with Gasteiger partial charge in [-0.05, 0) is 68.3 Å². The van der Waals surface area contributed by atoms with E-state index in [1.165, 1.54) is 27.8 Å². The Morgan fingerprint density at radius 3 is 2.41 bits per heavy atom. The Morgan fingerprint density at radius 1 is 1.06 bits per heavy atom. The van der Waals surface area contributed by atoms with Crippen molar-refractivity contribution in [1.82, 2.24) is 14.3 Å². The molecule has 0 saturated carbocycles. The molecule has 34 heavy (non-hydrogen) atoms. The van der Waals surface area contributed by atoms with Crippen molar-refractivity contribution in [1.29, 1.82) is 0 Å². The Labute approximate surface area is 203 Å². The molecule has 0 spiro atoms. The molecule has 9 heteroatoms. The van der Waals surface area contributed by atoms with Crippen LogP contribution in [0.4, 0.5) is 5.13 Å². The maximum Gasteiger partial charge on any atom is 0.260 e. The summed E-state index contributed by atoms with van der Waals surface area (Å²) in [5, 5.41) is 0.578. The zero-order valence-corrected chi connectivity index (χ0v) is 21.1. The summed E-state index contributed by atoms with van der Waals surface area (Å²) in [6.45, 7) is 5.91. The van der Waals surface area contributed by atoms with E-state index in [4.69, 9.17) is 4.98 Å². The lowest BCUT2D eigenvalue weighted by atomic mass is 10.2. The fourth-order valence-corrected chi connectivity index (χ4v) is 5.87. The normalized spacial score (nSPS) is 11.9. The van der Waals surface area contributed by atoms with Gasteiger partial charge in [0.15, 0.2) is 5.13 Å². The molecule has 0 bridgehead atoms. The maximum absolute atomic E-state index is 13.6. The van der Waals surface area contributed by atoms with E-state index in [2.05, 4.69) is 4.98 Å². The number of anilines is 1. The Hall–Kier alpha value is -3.14. The van der Waals surface area contributed by atoms with E-state index in [0.29, 0.717) is 17.2 Å². The van der Waals surface area contributed by atoms with Crippen molar-refractivity contribution in [3.63, 3.8) is 0 Å². The van der Waals surface area contributed by atoms with E-state index < -0.39 is 10.0 Å². The van der Waals surface area contributed by atoms with Gasteiger partial charge in [0, 0.05) is 31.0 Å². The van der Waals surface area contributed by atoms with Crippen molar-refractivity contribution >= 4 is 42.6 Å². The standard InChI is InChI=1S/C25H26N4O3S2/c1-17(2)28(4)34(31,32)21-12-10-20(11-13-21)24(30)29(16-19-8-6-14-26-15-19)25-27-23-18(3)7-5-9-22(23)33-25/h5-15,17H,16H2,1-4H3. The zero-order valence-electron chi connectivity index (χ0n) is 19.5. The van der Waals surface area contributed by atoms with Crippen LogP contribution in [-0.4, -0.2) is 41.7 Å². The molecule has 0 aliphatic heterocycles. The second kappa shape index (κ2) is 9.61. The molecule has 176 valence electrons. The van der Waals surface area contributed by atoms with Gasteiger partial charge in [0.1, 0.15) is 0 Å². The van der Waals surface area contributed by atoms with Crippen molar-refractivity contribution in [2.24, 2.45) is 0 Å². The first-order valence-electron chi connectivity index (χ1n) is 10.8. The van der Waals surface area contributed by atoms with Gasteiger partial charge in [0.05, 0.1) is 21.7 Å². The minimum atomic E-state index is -3.63. The van der Waals surface area contributed by atoms with E-state index in [0.717, 1.165) is 21.3 Å². The Bertz CT molecular complexity index is 1420. The summed E-state index contributed by atoms with van der Waals surface area (Å²) in [7, 11) is -2.09. The molecular weight excluding hydrogens is 468 g/mol. The van der Waals surface area contributed by atoms with Crippen LogP contribution in [0.3, 0.4) is 0 Å². The molecule has 2 heterocycles. The van der Waals surface area contributed by atoms with Gasteiger partial charge in [-0.2, -0.15) is 4.31 Å². The first kappa shape index (κ1) is 24.0. The molecule has 4 aromatic rings. The largest absolute Gasteiger partial charge is 0.279 e. The summed E-state index contributed by atoms with van der Waals surface area (Å²) in [5.74, 6) is -0.262. The fraction of sp³-hybridized carbons (Fsp3) is 0.240. The molecule has 0 aliphatic carbocycles. The number of fused-ring (bicyclic) bond motifs is 1. The Morgan fingerprint density at radius 2 is 1.79 bits per heavy atom. The number of para-hydroxylation sites is 1. The van der Waals surface area contributed by atoms with Crippen molar-refractivity contribution < 1.29 is 13.2 Å². The van der Waals surface area contributed by atoms with E-state index >= 15 is 0 Å². The first-order chi connectivity index (χ1) is 16.2. The summed E-state index contributed by atoms with van der Waals surface area (Å²) in [6.07, 6.45) is 3.40. The molecule has 1 amide bonds. The summed E-state index contributed by atoms with van der Waals surface area (Å²) in [6, 6.07) is 15.6. The number of benzene rings is 2. The fourth-order valence-electron chi connectivity index (χ4n) is 3.46. The molecular formula is C25H26N4O3S2. The number of rotatable bonds is 7. The molecule has 0 N–H and O–H groups in total. The molecule has 0 atom stereocenters. The van der Waals surface area contributed by atoms with Crippen LogP contribution in [0.15, 0.2) is 71.9 Å². The van der Waals surface area contributed by atoms with Crippen LogP contribution >= 0.6 is 11.3 Å². The van der Waals surface area contributed by atoms with Crippen LogP contribution in [0.25, 0.3) is 10.2 Å². The second-order valence-corrected chi connectivity index (χ2v) is 11.3. The van der Waals surface area contributed by atoms with E-state index in [9.17, 15) is 13.2 Å². The molecule has 4 rings (SSSR count). The predicted molar refractivity (Wildman–Crippen MR) is 136 cm³/mol. The molecule has 0 radical (unpaired) electrons. The van der Waals surface area contributed by atoms with Gasteiger partial charge in [0.25, 0.3) is 5.91 Å². The summed E-state index contributed by atoms with van der Waals surface area (Å²) in [4.78, 5) is 24.3. The van der Waals surface area contributed by atoms with Crippen molar-refractivity contribution in [2.75, 3.05) is 11.9 Å². The predicted octanol–water partition coefficient (Wildman–Crippen LogP) is 4.88. The number of hydrogen-bond acceptors (Lipinski definition) is 6. The highest BCUT2D eigenvalue weighted by atomic mass is 32.2. The third kappa shape index (κ3) is 4.72. The average Bonchev–Trinajstić information content (AvgIpc) is 3.27. The number of amides is 1. The highest BCUT2D eigenvalue weighted by Gasteiger charge is 2.25. The van der Waals surface area contributed by atoms with Crippen LogP contribution in [0, 0.1) is 6.92 Å².